The lowest BCUT2D eigenvalue weighted by Gasteiger charge is -2.30. The summed E-state index contributed by atoms with van der Waals surface area (Å²) in [5.41, 5.74) is 10.4. The van der Waals surface area contributed by atoms with Crippen molar-refractivity contribution in [2.24, 2.45) is 19.8 Å². The molecule has 0 amide bonds. The molecule has 2 N–H and O–H groups in total. The summed E-state index contributed by atoms with van der Waals surface area (Å²) in [5, 5.41) is 8.70. The van der Waals surface area contributed by atoms with Crippen LogP contribution >= 0.6 is 11.6 Å². The van der Waals surface area contributed by atoms with Gasteiger partial charge in [0.15, 0.2) is 0 Å². The zero-order valence-corrected chi connectivity index (χ0v) is 19.7. The number of terminal acetylenes is 1. The Hall–Kier alpha value is -4.32. The number of nitrogens with two attached hydrogens (primary N) is 1. The molecular weight excluding hydrogens is 462 g/mol. The minimum absolute atomic E-state index is 0.192. The van der Waals surface area contributed by atoms with Gasteiger partial charge in [0, 0.05) is 30.7 Å². The fraction of sp³-hybridized carbons (Fsp3) is 0.115. The molecule has 0 aliphatic carbocycles. The van der Waals surface area contributed by atoms with E-state index in [4.69, 9.17) is 28.7 Å². The van der Waals surface area contributed by atoms with E-state index in [-0.39, 0.29) is 5.56 Å². The Morgan fingerprint density at radius 1 is 1.06 bits per heavy atom. The van der Waals surface area contributed by atoms with Crippen LogP contribution in [0.15, 0.2) is 71.7 Å². The van der Waals surface area contributed by atoms with E-state index >= 15 is 0 Å². The third-order valence-corrected chi connectivity index (χ3v) is 6.34. The van der Waals surface area contributed by atoms with E-state index in [2.05, 4.69) is 21.2 Å². The van der Waals surface area contributed by atoms with E-state index in [0.717, 1.165) is 5.56 Å². The summed E-state index contributed by atoms with van der Waals surface area (Å²) in [6.45, 7) is 0. The first-order chi connectivity index (χ1) is 16.8. The van der Waals surface area contributed by atoms with Gasteiger partial charge in [-0.25, -0.2) is 14.6 Å². The maximum atomic E-state index is 12.8. The van der Waals surface area contributed by atoms with E-state index in [1.807, 2.05) is 18.2 Å². The molecule has 8 nitrogen and oxygen atoms in total. The first-order valence-corrected chi connectivity index (χ1v) is 11.1. The summed E-state index contributed by atoms with van der Waals surface area (Å²) < 4.78 is 3.15. The Kier molecular flexibility index (Phi) is 5.44. The molecule has 4 heterocycles. The summed E-state index contributed by atoms with van der Waals surface area (Å²) >= 11 is 6.15. The monoisotopic (exact) mass is 481 g/mol. The van der Waals surface area contributed by atoms with Crippen LogP contribution in [0.1, 0.15) is 22.6 Å². The van der Waals surface area contributed by atoms with Crippen LogP contribution in [-0.4, -0.2) is 29.5 Å². The molecule has 35 heavy (non-hydrogen) atoms. The summed E-state index contributed by atoms with van der Waals surface area (Å²) in [4.78, 5) is 22.3. The minimum atomic E-state index is -1.21. The Labute approximate surface area is 206 Å². The van der Waals surface area contributed by atoms with E-state index in [1.165, 1.54) is 10.6 Å². The minimum Gasteiger partial charge on any atom is -0.311 e. The molecule has 0 aliphatic rings. The van der Waals surface area contributed by atoms with Crippen molar-refractivity contribution in [3.05, 3.63) is 105 Å². The molecule has 0 saturated carbocycles. The average Bonchev–Trinajstić information content (AvgIpc) is 3.32. The fourth-order valence-corrected chi connectivity index (χ4v) is 4.32. The Morgan fingerprint density at radius 2 is 1.83 bits per heavy atom. The van der Waals surface area contributed by atoms with Gasteiger partial charge in [-0.05, 0) is 42.0 Å². The summed E-state index contributed by atoms with van der Waals surface area (Å²) in [6.07, 6.45) is 7.17. The second-order valence-corrected chi connectivity index (χ2v) is 8.57. The lowest BCUT2D eigenvalue weighted by molar-refractivity contribution is 0.551. The highest BCUT2D eigenvalue weighted by molar-refractivity contribution is 6.30. The number of fused-ring (bicyclic) bond motifs is 1. The number of hydrogen-bond donors (Lipinski definition) is 1. The van der Waals surface area contributed by atoms with Gasteiger partial charge in [-0.15, -0.1) is 11.5 Å². The molecule has 0 bridgehead atoms. The van der Waals surface area contributed by atoms with Crippen LogP contribution in [0.3, 0.4) is 0 Å². The van der Waals surface area contributed by atoms with Crippen molar-refractivity contribution >= 4 is 22.6 Å². The Morgan fingerprint density at radius 3 is 2.51 bits per heavy atom. The molecule has 0 spiro atoms. The molecule has 0 radical (unpaired) electrons. The average molecular weight is 482 g/mol. The number of benzene rings is 1. The van der Waals surface area contributed by atoms with E-state index in [9.17, 15) is 4.79 Å². The Bertz CT molecular complexity index is 1680. The second kappa shape index (κ2) is 8.47. The molecule has 1 atom stereocenters. The number of hydrogen-bond acceptors (Lipinski definition) is 6. The van der Waals surface area contributed by atoms with Crippen LogP contribution in [0.25, 0.3) is 22.3 Å². The first kappa shape index (κ1) is 22.5. The summed E-state index contributed by atoms with van der Waals surface area (Å²) in [6, 6.07) is 17.7. The zero-order chi connectivity index (χ0) is 24.7. The van der Waals surface area contributed by atoms with Crippen molar-refractivity contribution in [1.82, 2.24) is 29.5 Å². The number of rotatable bonds is 4. The molecule has 9 heteroatoms. The topological polar surface area (TPSA) is 105 Å². The van der Waals surface area contributed by atoms with Crippen LogP contribution in [0.4, 0.5) is 0 Å². The molecule has 1 aromatic carbocycles. The lowest BCUT2D eigenvalue weighted by Crippen LogP contribution is -2.42. The molecule has 0 unspecified atom stereocenters. The lowest BCUT2D eigenvalue weighted by atomic mass is 9.84. The summed E-state index contributed by atoms with van der Waals surface area (Å²) in [7, 11) is 3.46. The van der Waals surface area contributed by atoms with Gasteiger partial charge in [-0.3, -0.25) is 4.79 Å². The van der Waals surface area contributed by atoms with Gasteiger partial charge in [0.05, 0.1) is 34.3 Å². The van der Waals surface area contributed by atoms with Gasteiger partial charge >= 0.3 is 0 Å². The van der Waals surface area contributed by atoms with Crippen molar-refractivity contribution in [2.45, 2.75) is 5.54 Å². The van der Waals surface area contributed by atoms with E-state index < -0.39 is 5.54 Å². The molecular formula is C26H20ClN7O. The number of pyridine rings is 3. The molecule has 4 aromatic heterocycles. The van der Waals surface area contributed by atoms with E-state index in [0.29, 0.717) is 44.4 Å². The van der Waals surface area contributed by atoms with Crippen molar-refractivity contribution < 1.29 is 0 Å². The Balaban J connectivity index is 1.84. The van der Waals surface area contributed by atoms with Gasteiger partial charge in [0.25, 0.3) is 5.56 Å². The quantitative estimate of drug-likeness (QED) is 0.396. The highest BCUT2D eigenvalue weighted by Gasteiger charge is 2.37. The predicted molar refractivity (Wildman–Crippen MR) is 135 cm³/mol. The zero-order valence-electron chi connectivity index (χ0n) is 19.0. The maximum Gasteiger partial charge on any atom is 0.251 e. The molecule has 5 rings (SSSR count). The SMILES string of the molecule is C#Cc1cccc(-c2cc(=O)n(C)c3ccc([C@](N)(c4ccc(Cl)cc4)c4cnnn4C)nc23)n1. The van der Waals surface area contributed by atoms with Crippen molar-refractivity contribution in [3.63, 3.8) is 0 Å². The third-order valence-electron chi connectivity index (χ3n) is 6.08. The maximum absolute atomic E-state index is 12.8. The number of halogens is 1. The van der Waals surface area contributed by atoms with Gasteiger partial charge in [0.1, 0.15) is 11.2 Å². The number of aryl methyl sites for hydroxylation is 2. The largest absolute Gasteiger partial charge is 0.311 e. The van der Waals surface area contributed by atoms with Crippen LogP contribution in [0.5, 0.6) is 0 Å². The van der Waals surface area contributed by atoms with Crippen molar-refractivity contribution in [2.75, 3.05) is 0 Å². The van der Waals surface area contributed by atoms with Crippen molar-refractivity contribution in [3.8, 4) is 23.6 Å². The van der Waals surface area contributed by atoms with Crippen LogP contribution in [-0.2, 0) is 19.6 Å². The molecule has 0 aliphatic heterocycles. The number of nitrogens with zero attached hydrogens (tertiary/aromatic N) is 6. The van der Waals surface area contributed by atoms with Gasteiger partial charge < -0.3 is 10.3 Å². The van der Waals surface area contributed by atoms with Gasteiger partial charge in [-0.1, -0.05) is 40.9 Å². The number of aromatic nitrogens is 6. The molecule has 5 aromatic rings. The normalized spacial score (nSPS) is 12.9. The van der Waals surface area contributed by atoms with Gasteiger partial charge in [-0.2, -0.15) is 0 Å². The second-order valence-electron chi connectivity index (χ2n) is 8.13. The molecule has 172 valence electrons. The summed E-state index contributed by atoms with van der Waals surface area (Å²) in [5.74, 6) is 2.54. The molecule has 0 fully saturated rings. The first-order valence-electron chi connectivity index (χ1n) is 10.7. The molecule has 0 saturated heterocycles. The predicted octanol–water partition coefficient (Wildman–Crippen LogP) is 3.01. The van der Waals surface area contributed by atoms with Gasteiger partial charge in [0.2, 0.25) is 0 Å². The third kappa shape index (κ3) is 3.67. The van der Waals surface area contributed by atoms with Crippen LogP contribution in [0, 0.1) is 12.3 Å². The standard InChI is InChI=1S/C26H20ClN7O/c1-4-18-6-5-7-20(30-18)19-14-24(35)33(2)21-12-13-22(31-25(19)21)26(28,23-15-29-32-34(23)3)16-8-10-17(27)11-9-16/h1,5-15H,28H2,2-3H3/t26-/m1/s1. The van der Waals surface area contributed by atoms with Crippen LogP contribution in [0.2, 0.25) is 5.02 Å². The van der Waals surface area contributed by atoms with Crippen LogP contribution < -0.4 is 11.3 Å². The van der Waals surface area contributed by atoms with E-state index in [1.54, 1.807) is 61.4 Å². The highest BCUT2D eigenvalue weighted by atomic mass is 35.5. The smallest absolute Gasteiger partial charge is 0.251 e. The van der Waals surface area contributed by atoms with Crippen molar-refractivity contribution in [1.29, 1.82) is 0 Å². The fourth-order valence-electron chi connectivity index (χ4n) is 4.19. The highest BCUT2D eigenvalue weighted by Crippen LogP contribution is 2.35.